The van der Waals surface area contributed by atoms with Crippen molar-refractivity contribution in [1.82, 2.24) is 83.3 Å². The highest BCUT2D eigenvalue weighted by Crippen LogP contribution is 2.33. The van der Waals surface area contributed by atoms with Gasteiger partial charge in [0.1, 0.15) is 28.1 Å². The second-order valence-electron chi connectivity index (χ2n) is 18.2. The van der Waals surface area contributed by atoms with Crippen molar-refractivity contribution >= 4 is 106 Å². The predicted molar refractivity (Wildman–Crippen MR) is 328 cm³/mol. The van der Waals surface area contributed by atoms with E-state index in [4.69, 9.17) is 20.5 Å². The van der Waals surface area contributed by atoms with Gasteiger partial charge in [-0.15, -0.1) is 10.2 Å². The average Bonchev–Trinajstić information content (AvgIpc) is 1.78. The molecule has 26 nitrogen and oxygen atoms in total. The van der Waals surface area contributed by atoms with E-state index in [-0.39, 0.29) is 46.0 Å². The third-order valence-electron chi connectivity index (χ3n) is 11.8. The summed E-state index contributed by atoms with van der Waals surface area (Å²) in [5, 5.41) is 29.9. The Hall–Kier alpha value is -11.5. The van der Waals surface area contributed by atoms with Crippen LogP contribution >= 0.6 is 50.5 Å². The lowest BCUT2D eigenvalue weighted by Gasteiger charge is -2.07. The molecule has 95 heavy (non-hydrogen) atoms. The number of nitrogens with one attached hydrogen (secondary N) is 2. The number of hydrogen-bond donors (Lipinski definition) is 4. The zero-order valence-corrected chi connectivity index (χ0v) is 50.3. The van der Waals surface area contributed by atoms with Gasteiger partial charge in [-0.2, -0.15) is 67.6 Å². The third-order valence-corrected chi connectivity index (χ3v) is 14.1. The van der Waals surface area contributed by atoms with Crippen LogP contribution in [0.5, 0.6) is 11.5 Å². The summed E-state index contributed by atoms with van der Waals surface area (Å²) in [6.07, 6.45) is -5.55. The number of fused-ring (bicyclic) bond motifs is 2. The van der Waals surface area contributed by atoms with Crippen LogP contribution in [0.15, 0.2) is 169 Å². The lowest BCUT2D eigenvalue weighted by molar-refractivity contribution is -0.138. The Morgan fingerprint density at radius 2 is 0.863 bits per heavy atom. The quantitative estimate of drug-likeness (QED) is 0.0825. The summed E-state index contributed by atoms with van der Waals surface area (Å²) in [5.74, 6) is -0.726. The van der Waals surface area contributed by atoms with Crippen LogP contribution in [-0.2, 0) is 18.5 Å². The van der Waals surface area contributed by atoms with Gasteiger partial charge in [-0.05, 0) is 120 Å². The van der Waals surface area contributed by atoms with Crippen LogP contribution < -0.4 is 26.0 Å². The summed E-state index contributed by atoms with van der Waals surface area (Å²) in [7, 11) is 0. The number of rotatable bonds is 12. The summed E-state index contributed by atoms with van der Waals surface area (Å²) in [4.78, 5) is 82.0. The minimum Gasteiger partial charge on any atom is -0.478 e. The van der Waals surface area contributed by atoms with E-state index < -0.39 is 53.0 Å². The van der Waals surface area contributed by atoms with Gasteiger partial charge in [0.25, 0.3) is 11.8 Å². The van der Waals surface area contributed by atoms with Crippen molar-refractivity contribution in [3.63, 3.8) is 0 Å². The van der Waals surface area contributed by atoms with Crippen LogP contribution in [0.1, 0.15) is 55.2 Å². The number of anilines is 3. The number of halogens is 10. The fourth-order valence-corrected chi connectivity index (χ4v) is 9.30. The highest BCUT2D eigenvalue weighted by molar-refractivity contribution is 9.10. The van der Waals surface area contributed by atoms with Gasteiger partial charge in [-0.1, -0.05) is 33.0 Å². The van der Waals surface area contributed by atoms with Gasteiger partial charge < -0.3 is 20.5 Å². The van der Waals surface area contributed by atoms with Gasteiger partial charge >= 0.3 is 24.5 Å². The van der Waals surface area contributed by atoms with E-state index in [9.17, 15) is 53.9 Å². The predicted octanol–water partition coefficient (Wildman–Crippen LogP) is 12.7. The molecule has 0 aliphatic heterocycles. The number of hydrogen-bond acceptors (Lipinski definition) is 24. The number of carbonyl (C=O) groups is 3. The SMILES string of the molecule is C.Nc1nc(-c2cc(Br)ccn2)ns1.O=C(Nc1nc(-c2cc(On3nnc4cccnc43)ccn2)ns1)c1ccc(C(F)(F)F)cc1.O=C(Nc1nc(-c2cc(On3nnc4cccnc43)ccn2)ns1)c1ccc(C(F)(F)F)cc1.O=C(O)c1ccc(C(F)(F)F)cc1. The van der Waals surface area contributed by atoms with Crippen molar-refractivity contribution in [1.29, 1.82) is 0 Å². The number of nitrogen functional groups attached to an aromatic ring is 1. The Bertz CT molecular complexity index is 4580. The summed E-state index contributed by atoms with van der Waals surface area (Å²) in [6, 6.07) is 28.0. The lowest BCUT2D eigenvalue weighted by Crippen LogP contribution is -2.12. The minimum atomic E-state index is -4.48. The van der Waals surface area contributed by atoms with Crippen molar-refractivity contribution in [2.24, 2.45) is 0 Å². The number of aromatic nitrogens is 17. The molecule has 0 saturated heterocycles. The van der Waals surface area contributed by atoms with Gasteiger partial charge in [-0.25, -0.2) is 14.8 Å². The first kappa shape index (κ1) is 67.9. The molecule has 0 fully saturated rings. The Kier molecular flexibility index (Phi) is 21.1. The molecule has 13 rings (SSSR count). The highest BCUT2D eigenvalue weighted by Gasteiger charge is 2.32. The molecule has 5 N–H and O–H groups in total. The molecule has 2 amide bonds. The highest BCUT2D eigenvalue weighted by atomic mass is 79.9. The van der Waals surface area contributed by atoms with Gasteiger partial charge in [0.15, 0.2) is 34.1 Å². The molecule has 0 radical (unpaired) electrons. The first-order valence-electron chi connectivity index (χ1n) is 25.8. The standard InChI is InChI=1S/2C20H11F3N8O2S.C8H5F3O2.C7H5BrN4S.CH4/c2*21-20(22,23)12-5-3-11(4-6-12)18(32)27-19-26-16(29-34-19)15-10-13(7-9-24-15)33-31-17-14(28-30-31)2-1-8-25-17;9-8(10,11)6-3-1-5(2-4-6)7(12)13;8-4-1-2-10-5(3-4)6-11-7(9)13-12-6;/h2*1-10H,(H,26,27,29,32);1-4H,(H,12,13);1-3H,(H2,9,11,12);1H4. The van der Waals surface area contributed by atoms with E-state index >= 15 is 0 Å². The lowest BCUT2D eigenvalue weighted by atomic mass is 10.1. The third kappa shape index (κ3) is 17.8. The van der Waals surface area contributed by atoms with Crippen LogP contribution in [0.2, 0.25) is 0 Å². The van der Waals surface area contributed by atoms with Crippen molar-refractivity contribution in [2.45, 2.75) is 26.0 Å². The maximum Gasteiger partial charge on any atom is 0.416 e. The van der Waals surface area contributed by atoms with E-state index in [1.54, 1.807) is 67.1 Å². The monoisotopic (exact) mass is 1430 g/mol. The first-order chi connectivity index (χ1) is 44.9. The second kappa shape index (κ2) is 29.4. The zero-order valence-electron chi connectivity index (χ0n) is 46.3. The molecule has 484 valence electrons. The number of amides is 2. The second-order valence-corrected chi connectivity index (χ2v) is 21.4. The normalized spacial score (nSPS) is 11.2. The molecular formula is C56H36BrF9N20O6S3. The molecule has 0 aliphatic rings. The molecule has 0 bridgehead atoms. The molecule has 3 aromatic carbocycles. The molecule has 13 aromatic rings. The number of carboxylic acids is 1. The van der Waals surface area contributed by atoms with Crippen LogP contribution in [0.3, 0.4) is 0 Å². The number of pyridine rings is 5. The van der Waals surface area contributed by atoms with Crippen LogP contribution in [0.4, 0.5) is 54.9 Å². The molecule has 0 spiro atoms. The summed E-state index contributed by atoms with van der Waals surface area (Å²) in [6.45, 7) is 0. The first-order valence-corrected chi connectivity index (χ1v) is 28.9. The van der Waals surface area contributed by atoms with Gasteiger partial charge in [0.2, 0.25) is 21.6 Å². The van der Waals surface area contributed by atoms with Gasteiger partial charge in [0.05, 0.1) is 22.3 Å². The molecule has 10 aromatic heterocycles. The topological polar surface area (TPSA) is 343 Å². The number of nitrogens with zero attached hydrogens (tertiary/aromatic N) is 17. The van der Waals surface area contributed by atoms with E-state index in [1.807, 2.05) is 12.1 Å². The minimum absolute atomic E-state index is 0. The zero-order chi connectivity index (χ0) is 66.7. The molecule has 0 saturated carbocycles. The van der Waals surface area contributed by atoms with Crippen molar-refractivity contribution < 1.29 is 68.7 Å². The fourth-order valence-electron chi connectivity index (χ4n) is 7.38. The number of benzene rings is 3. The molecule has 10 heterocycles. The van der Waals surface area contributed by atoms with Crippen molar-refractivity contribution in [2.75, 3.05) is 16.4 Å². The van der Waals surface area contributed by atoms with Crippen molar-refractivity contribution in [3.05, 3.63) is 202 Å². The Morgan fingerprint density at radius 3 is 1.24 bits per heavy atom. The average molecular weight is 1430 g/mol. The molecular weight excluding hydrogens is 1400 g/mol. The van der Waals surface area contributed by atoms with E-state index in [0.29, 0.717) is 56.2 Å². The Labute approximate surface area is 546 Å². The number of carbonyl (C=O) groups excluding carboxylic acids is 2. The summed E-state index contributed by atoms with van der Waals surface area (Å²) < 4.78 is 125. The van der Waals surface area contributed by atoms with E-state index in [2.05, 4.69) is 100 Å². The van der Waals surface area contributed by atoms with E-state index in [0.717, 1.165) is 106 Å². The molecule has 39 heteroatoms. The van der Waals surface area contributed by atoms with Crippen molar-refractivity contribution in [3.8, 4) is 46.1 Å². The van der Waals surface area contributed by atoms with Crippen LogP contribution in [-0.4, -0.2) is 106 Å². The largest absolute Gasteiger partial charge is 0.478 e. The van der Waals surface area contributed by atoms with E-state index in [1.165, 1.54) is 33.6 Å². The number of nitrogens with two attached hydrogens (primary N) is 1. The smallest absolute Gasteiger partial charge is 0.416 e. The fraction of sp³-hybridized carbons (Fsp3) is 0.0714. The Balaban J connectivity index is 0.000000162. The maximum absolute atomic E-state index is 12.7. The maximum atomic E-state index is 12.7. The van der Waals surface area contributed by atoms with Gasteiger partial charge in [0, 0.05) is 105 Å². The number of aromatic carboxylic acids is 1. The number of carboxylic acid groups (broad SMARTS) is 1. The van der Waals surface area contributed by atoms with Gasteiger partial charge in [-0.3, -0.25) is 35.2 Å². The molecule has 0 unspecified atom stereocenters. The Morgan fingerprint density at radius 1 is 0.484 bits per heavy atom. The van der Waals surface area contributed by atoms with Crippen LogP contribution in [0.25, 0.3) is 56.9 Å². The summed E-state index contributed by atoms with van der Waals surface area (Å²) >= 11 is 6.30. The van der Waals surface area contributed by atoms with Crippen LogP contribution in [0, 0.1) is 0 Å². The molecule has 0 atom stereocenters. The summed E-state index contributed by atoms with van der Waals surface area (Å²) in [5.41, 5.74) is 6.30. The molecule has 0 aliphatic carbocycles. The number of alkyl halides is 9.